The second-order valence-corrected chi connectivity index (χ2v) is 5.66. The van der Waals surface area contributed by atoms with Crippen LogP contribution in [0, 0.1) is 10.1 Å². The molecule has 0 atom stereocenters. The number of hydrogen-bond acceptors (Lipinski definition) is 6. The molecule has 2 N–H and O–H groups in total. The monoisotopic (exact) mass is 353 g/mol. The predicted octanol–water partition coefficient (Wildman–Crippen LogP) is 3.59. The molecule has 0 amide bonds. The molecule has 3 rings (SSSR count). The molecule has 0 saturated heterocycles. The van der Waals surface area contributed by atoms with Gasteiger partial charge in [-0.2, -0.15) is 18.2 Å². The molecular weight excluding hydrogens is 339 g/mol. The third-order valence-electron chi connectivity index (χ3n) is 3.55. The van der Waals surface area contributed by atoms with Crippen molar-refractivity contribution >= 4 is 17.5 Å². The lowest BCUT2D eigenvalue weighted by Gasteiger charge is -2.12. The minimum Gasteiger partial charge on any atom is -0.366 e. The van der Waals surface area contributed by atoms with Crippen LogP contribution in [0.5, 0.6) is 0 Å². The second kappa shape index (κ2) is 6.54. The van der Waals surface area contributed by atoms with Gasteiger partial charge in [-0.15, -0.1) is 0 Å². The largest absolute Gasteiger partial charge is 0.433 e. The van der Waals surface area contributed by atoms with E-state index in [-0.39, 0.29) is 30.0 Å². The minimum absolute atomic E-state index is 0.0313. The van der Waals surface area contributed by atoms with Crippen LogP contribution < -0.4 is 10.6 Å². The molecule has 7 nitrogen and oxygen atoms in total. The average Bonchev–Trinajstić information content (AvgIpc) is 3.36. The van der Waals surface area contributed by atoms with Crippen LogP contribution in [-0.2, 0) is 12.7 Å². The van der Waals surface area contributed by atoms with E-state index >= 15 is 0 Å². The molecule has 10 heteroatoms. The normalized spacial score (nSPS) is 14.2. The van der Waals surface area contributed by atoms with Crippen LogP contribution in [0.25, 0.3) is 0 Å². The molecule has 1 aromatic heterocycles. The first kappa shape index (κ1) is 16.9. The molecule has 1 fully saturated rings. The molecule has 1 aliphatic carbocycles. The molecule has 1 aromatic carbocycles. The van der Waals surface area contributed by atoms with Crippen LogP contribution >= 0.6 is 0 Å². The SMILES string of the molecule is O=[N+]([O-])c1ccc(CNc2cc(C(F)(F)F)nc(NC3CC3)n2)cc1. The van der Waals surface area contributed by atoms with Crippen LogP contribution in [0.2, 0.25) is 0 Å². The molecule has 1 heterocycles. The van der Waals surface area contributed by atoms with Crippen molar-refractivity contribution < 1.29 is 18.1 Å². The number of nitrogens with zero attached hydrogens (tertiary/aromatic N) is 3. The maximum absolute atomic E-state index is 13.0. The molecule has 0 aliphatic heterocycles. The maximum atomic E-state index is 13.0. The third-order valence-corrected chi connectivity index (χ3v) is 3.55. The quantitative estimate of drug-likeness (QED) is 0.609. The van der Waals surface area contributed by atoms with Crippen LogP contribution in [0.4, 0.5) is 30.6 Å². The average molecular weight is 353 g/mol. The Morgan fingerprint density at radius 3 is 2.44 bits per heavy atom. The highest BCUT2D eigenvalue weighted by molar-refractivity contribution is 5.45. The van der Waals surface area contributed by atoms with Gasteiger partial charge in [-0.1, -0.05) is 12.1 Å². The number of nitro groups is 1. The summed E-state index contributed by atoms with van der Waals surface area (Å²) in [4.78, 5) is 17.6. The van der Waals surface area contributed by atoms with Gasteiger partial charge in [-0.3, -0.25) is 10.1 Å². The van der Waals surface area contributed by atoms with Gasteiger partial charge in [0.05, 0.1) is 4.92 Å². The zero-order valence-corrected chi connectivity index (χ0v) is 12.9. The van der Waals surface area contributed by atoms with Crippen molar-refractivity contribution in [3.8, 4) is 0 Å². The van der Waals surface area contributed by atoms with Gasteiger partial charge < -0.3 is 10.6 Å². The highest BCUT2D eigenvalue weighted by Gasteiger charge is 2.34. The number of alkyl halides is 3. The van der Waals surface area contributed by atoms with E-state index in [2.05, 4.69) is 20.6 Å². The summed E-state index contributed by atoms with van der Waals surface area (Å²) in [5.74, 6) is -0.0349. The summed E-state index contributed by atoms with van der Waals surface area (Å²) in [6.45, 7) is 0.176. The lowest BCUT2D eigenvalue weighted by molar-refractivity contribution is -0.384. The Balaban J connectivity index is 1.74. The third kappa shape index (κ3) is 4.55. The standard InChI is InChI=1S/C15H14F3N5O2/c16-15(17,18)12-7-13(22-14(21-12)20-10-3-4-10)19-8-9-1-5-11(6-2-9)23(24)25/h1-2,5-7,10H,3-4,8H2,(H2,19,20,21,22). The van der Waals surface area contributed by atoms with E-state index < -0.39 is 16.8 Å². The maximum Gasteiger partial charge on any atom is 0.433 e. The molecule has 0 radical (unpaired) electrons. The van der Waals surface area contributed by atoms with Crippen molar-refractivity contribution in [3.05, 3.63) is 51.7 Å². The molecule has 0 bridgehead atoms. The van der Waals surface area contributed by atoms with Crippen LogP contribution in [-0.4, -0.2) is 20.9 Å². The van der Waals surface area contributed by atoms with Crippen molar-refractivity contribution in [3.63, 3.8) is 0 Å². The Labute approximate surface area is 140 Å². The fourth-order valence-electron chi connectivity index (χ4n) is 2.09. The van der Waals surface area contributed by atoms with Gasteiger partial charge in [0, 0.05) is 30.8 Å². The van der Waals surface area contributed by atoms with Crippen molar-refractivity contribution in [2.24, 2.45) is 0 Å². The first-order valence-corrected chi connectivity index (χ1v) is 7.51. The van der Waals surface area contributed by atoms with E-state index in [0.717, 1.165) is 18.9 Å². The number of rotatable bonds is 6. The number of non-ortho nitro benzene ring substituents is 1. The predicted molar refractivity (Wildman–Crippen MR) is 84.1 cm³/mol. The van der Waals surface area contributed by atoms with E-state index in [9.17, 15) is 23.3 Å². The number of aromatic nitrogens is 2. The fraction of sp³-hybridized carbons (Fsp3) is 0.333. The summed E-state index contributed by atoms with van der Waals surface area (Å²) in [7, 11) is 0. The Bertz CT molecular complexity index is 776. The lowest BCUT2D eigenvalue weighted by atomic mass is 10.2. The molecule has 2 aromatic rings. The van der Waals surface area contributed by atoms with E-state index in [1.54, 1.807) is 0 Å². The smallest absolute Gasteiger partial charge is 0.366 e. The van der Waals surface area contributed by atoms with E-state index in [1.165, 1.54) is 24.3 Å². The summed E-state index contributed by atoms with van der Waals surface area (Å²) in [5, 5.41) is 16.3. The van der Waals surface area contributed by atoms with Gasteiger partial charge in [0.1, 0.15) is 5.82 Å². The molecule has 0 unspecified atom stereocenters. The topological polar surface area (TPSA) is 93.0 Å². The van der Waals surface area contributed by atoms with E-state index in [4.69, 9.17) is 0 Å². The Morgan fingerprint density at radius 2 is 1.88 bits per heavy atom. The van der Waals surface area contributed by atoms with Crippen LogP contribution in [0.1, 0.15) is 24.1 Å². The van der Waals surface area contributed by atoms with Gasteiger partial charge in [0.25, 0.3) is 5.69 Å². The number of hydrogen-bond donors (Lipinski definition) is 2. The first-order valence-electron chi connectivity index (χ1n) is 7.51. The Kier molecular flexibility index (Phi) is 4.43. The molecule has 0 spiro atoms. The number of nitro benzene ring substituents is 1. The Morgan fingerprint density at radius 1 is 1.20 bits per heavy atom. The minimum atomic E-state index is -4.58. The van der Waals surface area contributed by atoms with Crippen molar-refractivity contribution in [2.45, 2.75) is 31.6 Å². The molecule has 25 heavy (non-hydrogen) atoms. The van der Waals surface area contributed by atoms with Gasteiger partial charge in [0.2, 0.25) is 5.95 Å². The molecule has 132 valence electrons. The summed E-state index contributed by atoms with van der Waals surface area (Å²) < 4.78 is 38.9. The second-order valence-electron chi connectivity index (χ2n) is 5.66. The van der Waals surface area contributed by atoms with Crippen LogP contribution in [0.15, 0.2) is 30.3 Å². The summed E-state index contributed by atoms with van der Waals surface area (Å²) in [5.41, 5.74) is -0.410. The highest BCUT2D eigenvalue weighted by Crippen LogP contribution is 2.31. The highest BCUT2D eigenvalue weighted by atomic mass is 19.4. The van der Waals surface area contributed by atoms with Crippen molar-refractivity contribution in [1.29, 1.82) is 0 Å². The first-order chi connectivity index (χ1) is 11.8. The number of nitrogens with one attached hydrogen (secondary N) is 2. The molecule has 1 saturated carbocycles. The van der Waals surface area contributed by atoms with Crippen molar-refractivity contribution in [2.75, 3.05) is 10.6 Å². The summed E-state index contributed by atoms with van der Waals surface area (Å²) in [6, 6.07) is 6.67. The number of halogens is 3. The zero-order chi connectivity index (χ0) is 18.0. The van der Waals surface area contributed by atoms with Crippen LogP contribution in [0.3, 0.4) is 0 Å². The Hall–Kier alpha value is -2.91. The van der Waals surface area contributed by atoms with Gasteiger partial charge in [0.15, 0.2) is 5.69 Å². The molecule has 1 aliphatic rings. The molecular formula is C15H14F3N5O2. The fourth-order valence-corrected chi connectivity index (χ4v) is 2.09. The number of benzene rings is 1. The summed E-state index contributed by atoms with van der Waals surface area (Å²) in [6.07, 6.45) is -2.82. The number of anilines is 2. The summed E-state index contributed by atoms with van der Waals surface area (Å²) >= 11 is 0. The van der Waals surface area contributed by atoms with Gasteiger partial charge in [-0.25, -0.2) is 4.98 Å². The van der Waals surface area contributed by atoms with Gasteiger partial charge in [-0.05, 0) is 18.4 Å². The lowest BCUT2D eigenvalue weighted by Crippen LogP contribution is -2.15. The zero-order valence-electron chi connectivity index (χ0n) is 12.9. The van der Waals surface area contributed by atoms with Crippen molar-refractivity contribution in [1.82, 2.24) is 9.97 Å². The van der Waals surface area contributed by atoms with E-state index in [0.29, 0.717) is 5.56 Å². The van der Waals surface area contributed by atoms with E-state index in [1.807, 2.05) is 0 Å². The van der Waals surface area contributed by atoms with Gasteiger partial charge >= 0.3 is 6.18 Å².